The average molecular weight is 424 g/mol. The van der Waals surface area contributed by atoms with Gasteiger partial charge in [0, 0.05) is 17.4 Å². The molecular weight excluding hydrogens is 404 g/mol. The largest absolute Gasteiger partial charge is 0.457 e. The number of hydrogen-bond acceptors (Lipinski definition) is 3. The topological polar surface area (TPSA) is 29.5 Å². The third kappa shape index (κ3) is 5.35. The molecule has 3 nitrogen and oxygen atoms in total. The molecule has 1 aliphatic rings. The minimum Gasteiger partial charge on any atom is -0.457 e. The van der Waals surface area contributed by atoms with Crippen molar-refractivity contribution >= 4 is 21.9 Å². The van der Waals surface area contributed by atoms with Crippen molar-refractivity contribution in [1.82, 2.24) is 4.90 Å². The number of esters is 1. The Kier molecular flexibility index (Phi) is 6.04. The number of piperidine rings is 1. The fraction of sp³-hybridized carbons (Fsp3) is 0.350. The zero-order valence-corrected chi connectivity index (χ0v) is 15.8. The lowest BCUT2D eigenvalue weighted by Gasteiger charge is -2.32. The van der Waals surface area contributed by atoms with Gasteiger partial charge in [-0.2, -0.15) is 0 Å². The fourth-order valence-electron chi connectivity index (χ4n) is 3.11. The molecular formula is C20H20BrF2NO2. The van der Waals surface area contributed by atoms with Crippen LogP contribution < -0.4 is 0 Å². The van der Waals surface area contributed by atoms with Gasteiger partial charge >= 0.3 is 5.97 Å². The predicted molar refractivity (Wildman–Crippen MR) is 99.2 cm³/mol. The van der Waals surface area contributed by atoms with Gasteiger partial charge in [0.15, 0.2) is 0 Å². The van der Waals surface area contributed by atoms with Crippen LogP contribution in [0.5, 0.6) is 0 Å². The highest BCUT2D eigenvalue weighted by molar-refractivity contribution is 9.10. The van der Waals surface area contributed by atoms with Gasteiger partial charge in [0.05, 0.1) is 12.1 Å². The summed E-state index contributed by atoms with van der Waals surface area (Å²) < 4.78 is 33.2. The molecule has 0 spiro atoms. The molecule has 1 saturated heterocycles. The maximum absolute atomic E-state index is 13.6. The maximum atomic E-state index is 13.6. The molecule has 0 aromatic heterocycles. The van der Waals surface area contributed by atoms with Crippen molar-refractivity contribution in [2.75, 3.05) is 13.1 Å². The zero-order chi connectivity index (χ0) is 18.6. The number of nitrogens with zero attached hydrogens (tertiary/aromatic N) is 1. The second-order valence-corrected chi connectivity index (χ2v) is 7.50. The molecule has 2 aromatic rings. The number of halogens is 3. The van der Waals surface area contributed by atoms with Crippen molar-refractivity contribution in [3.63, 3.8) is 0 Å². The van der Waals surface area contributed by atoms with Gasteiger partial charge in [-0.05, 0) is 42.3 Å². The van der Waals surface area contributed by atoms with Crippen LogP contribution in [0, 0.1) is 0 Å². The van der Waals surface area contributed by atoms with Gasteiger partial charge in [0.2, 0.25) is 0 Å². The summed E-state index contributed by atoms with van der Waals surface area (Å²) in [5.74, 6) is -3.07. The third-order valence-corrected chi connectivity index (χ3v) is 4.74. The van der Waals surface area contributed by atoms with E-state index in [-0.39, 0.29) is 19.6 Å². The molecule has 138 valence electrons. The number of carbonyl (C=O) groups excluding carboxylic acids is 1. The quantitative estimate of drug-likeness (QED) is 0.631. The molecule has 0 bridgehead atoms. The molecule has 0 amide bonds. The van der Waals surface area contributed by atoms with Gasteiger partial charge in [-0.1, -0.05) is 46.3 Å². The Balaban J connectivity index is 1.66. The van der Waals surface area contributed by atoms with Gasteiger partial charge in [0.25, 0.3) is 5.92 Å². The minimum absolute atomic E-state index is 0.0565. The van der Waals surface area contributed by atoms with Gasteiger partial charge < -0.3 is 4.74 Å². The standard InChI is InChI=1S/C20H20BrF2NO2/c21-18-10-16(12-24-8-4-7-20(22,23)14-24)9-17(11-18)19(25)26-13-15-5-2-1-3-6-15/h1-3,5-6,9-11H,4,7-8,12-14H2. The number of carbonyl (C=O) groups is 1. The molecule has 3 rings (SSSR count). The Hall–Kier alpha value is -1.79. The van der Waals surface area contributed by atoms with Crippen LogP contribution in [0.3, 0.4) is 0 Å². The van der Waals surface area contributed by atoms with Crippen molar-refractivity contribution in [2.24, 2.45) is 0 Å². The molecule has 6 heteroatoms. The molecule has 0 saturated carbocycles. The SMILES string of the molecule is O=C(OCc1ccccc1)c1cc(Br)cc(CN2CCCC(F)(F)C2)c1. The number of ether oxygens (including phenoxy) is 1. The second kappa shape index (κ2) is 8.27. The summed E-state index contributed by atoms with van der Waals surface area (Å²) in [7, 11) is 0. The van der Waals surface area contributed by atoms with Crippen LogP contribution in [0.2, 0.25) is 0 Å². The van der Waals surface area contributed by atoms with E-state index < -0.39 is 11.9 Å². The highest BCUT2D eigenvalue weighted by atomic mass is 79.9. The summed E-state index contributed by atoms with van der Waals surface area (Å²) in [5, 5.41) is 0. The smallest absolute Gasteiger partial charge is 0.338 e. The normalized spacial score (nSPS) is 17.0. The summed E-state index contributed by atoms with van der Waals surface area (Å²) in [6, 6.07) is 14.7. The van der Waals surface area contributed by atoms with Crippen LogP contribution in [0.1, 0.15) is 34.3 Å². The molecule has 0 unspecified atom stereocenters. The molecule has 0 aliphatic carbocycles. The van der Waals surface area contributed by atoms with Crippen molar-refractivity contribution in [1.29, 1.82) is 0 Å². The first kappa shape index (κ1) is 19.0. The van der Waals surface area contributed by atoms with Gasteiger partial charge in [-0.15, -0.1) is 0 Å². The summed E-state index contributed by atoms with van der Waals surface area (Å²) >= 11 is 3.39. The van der Waals surface area contributed by atoms with E-state index in [9.17, 15) is 13.6 Å². The van der Waals surface area contributed by atoms with Crippen molar-refractivity contribution in [2.45, 2.75) is 31.9 Å². The first-order chi connectivity index (χ1) is 12.4. The number of rotatable bonds is 5. The summed E-state index contributed by atoms with van der Waals surface area (Å²) in [6.45, 7) is 0.969. The molecule has 0 radical (unpaired) electrons. The van der Waals surface area contributed by atoms with Crippen LogP contribution >= 0.6 is 15.9 Å². The molecule has 0 N–H and O–H groups in total. The van der Waals surface area contributed by atoms with Crippen LogP contribution in [-0.2, 0) is 17.9 Å². The fourth-order valence-corrected chi connectivity index (χ4v) is 3.65. The summed E-state index contributed by atoms with van der Waals surface area (Å²) in [5.41, 5.74) is 2.13. The summed E-state index contributed by atoms with van der Waals surface area (Å²) in [6.07, 6.45) is 0.423. The monoisotopic (exact) mass is 423 g/mol. The average Bonchev–Trinajstić information content (AvgIpc) is 2.59. The van der Waals surface area contributed by atoms with Gasteiger partial charge in [0.1, 0.15) is 6.61 Å². The lowest BCUT2D eigenvalue weighted by atomic mass is 10.1. The maximum Gasteiger partial charge on any atom is 0.338 e. The molecule has 2 aromatic carbocycles. The molecule has 1 aliphatic heterocycles. The van der Waals surface area contributed by atoms with E-state index in [1.807, 2.05) is 36.4 Å². The lowest BCUT2D eigenvalue weighted by Crippen LogP contribution is -2.42. The van der Waals surface area contributed by atoms with E-state index in [1.54, 1.807) is 17.0 Å². The minimum atomic E-state index is -2.64. The Bertz CT molecular complexity index is 768. The van der Waals surface area contributed by atoms with Crippen LogP contribution in [0.4, 0.5) is 8.78 Å². The van der Waals surface area contributed by atoms with E-state index in [0.29, 0.717) is 25.1 Å². The predicted octanol–water partition coefficient (Wildman–Crippen LogP) is 5.04. The van der Waals surface area contributed by atoms with Crippen molar-refractivity contribution < 1.29 is 18.3 Å². The van der Waals surface area contributed by atoms with Crippen LogP contribution in [-0.4, -0.2) is 29.9 Å². The Morgan fingerprint density at radius 3 is 2.65 bits per heavy atom. The Labute approximate surface area is 160 Å². The van der Waals surface area contributed by atoms with E-state index in [2.05, 4.69) is 15.9 Å². The first-order valence-corrected chi connectivity index (χ1v) is 9.31. The highest BCUT2D eigenvalue weighted by Gasteiger charge is 2.34. The Morgan fingerprint density at radius 1 is 1.15 bits per heavy atom. The summed E-state index contributed by atoms with van der Waals surface area (Å²) in [4.78, 5) is 14.1. The number of benzene rings is 2. The molecule has 1 heterocycles. The van der Waals surface area contributed by atoms with Gasteiger partial charge in [-0.3, -0.25) is 4.90 Å². The van der Waals surface area contributed by atoms with Crippen molar-refractivity contribution in [3.8, 4) is 0 Å². The van der Waals surface area contributed by atoms with Crippen molar-refractivity contribution in [3.05, 3.63) is 69.7 Å². The zero-order valence-electron chi connectivity index (χ0n) is 14.3. The second-order valence-electron chi connectivity index (χ2n) is 6.58. The molecule has 26 heavy (non-hydrogen) atoms. The Morgan fingerprint density at radius 2 is 1.92 bits per heavy atom. The third-order valence-electron chi connectivity index (χ3n) is 4.28. The molecule has 1 fully saturated rings. The van der Waals surface area contributed by atoms with E-state index in [0.717, 1.165) is 15.6 Å². The van der Waals surface area contributed by atoms with E-state index >= 15 is 0 Å². The highest BCUT2D eigenvalue weighted by Crippen LogP contribution is 2.28. The van der Waals surface area contributed by atoms with E-state index in [1.165, 1.54) is 0 Å². The first-order valence-electron chi connectivity index (χ1n) is 8.52. The number of alkyl halides is 2. The van der Waals surface area contributed by atoms with Crippen LogP contribution in [0.25, 0.3) is 0 Å². The van der Waals surface area contributed by atoms with E-state index in [4.69, 9.17) is 4.74 Å². The number of likely N-dealkylation sites (tertiary alicyclic amines) is 1. The van der Waals surface area contributed by atoms with Gasteiger partial charge in [-0.25, -0.2) is 13.6 Å². The number of hydrogen-bond donors (Lipinski definition) is 0. The molecule has 0 atom stereocenters. The van der Waals surface area contributed by atoms with Crippen LogP contribution in [0.15, 0.2) is 53.0 Å². The lowest BCUT2D eigenvalue weighted by molar-refractivity contribution is -0.0661.